The summed E-state index contributed by atoms with van der Waals surface area (Å²) in [7, 11) is -3.08. The lowest BCUT2D eigenvalue weighted by Crippen LogP contribution is -2.56. The van der Waals surface area contributed by atoms with Crippen LogP contribution in [0.2, 0.25) is 39.3 Å². The Morgan fingerprint density at radius 2 is 1.70 bits per heavy atom. The van der Waals surface area contributed by atoms with Crippen LogP contribution in [0.4, 0.5) is 0 Å². The van der Waals surface area contributed by atoms with Gasteiger partial charge in [-0.15, -0.1) is 0 Å². The average molecular weight is 447 g/mol. The van der Waals surface area contributed by atoms with E-state index in [2.05, 4.69) is 65.3 Å². The zero-order chi connectivity index (χ0) is 21.9. The zero-order valence-electron chi connectivity index (χ0n) is 20.9. The van der Waals surface area contributed by atoms with Crippen LogP contribution < -0.4 is 0 Å². The van der Waals surface area contributed by atoms with Gasteiger partial charge in [-0.3, -0.25) is 0 Å². The number of hydrogen-bond donors (Lipinski definition) is 0. The third-order valence-electron chi connectivity index (χ3n) is 8.89. The Morgan fingerprint density at radius 3 is 2.33 bits per heavy atom. The first kappa shape index (κ1) is 22.9. The van der Waals surface area contributed by atoms with Gasteiger partial charge in [-0.1, -0.05) is 19.9 Å². The molecule has 2 fully saturated rings. The molecule has 2 nitrogen and oxygen atoms in total. The topological polar surface area (TPSA) is 18.5 Å². The summed E-state index contributed by atoms with van der Waals surface area (Å²) in [5.74, 6) is 4.63. The molecule has 0 saturated heterocycles. The molecular weight excluding hydrogens is 400 g/mol. The highest BCUT2D eigenvalue weighted by atomic mass is 28.4. The normalized spacial score (nSPS) is 41.3. The number of rotatable bonds is 5. The summed E-state index contributed by atoms with van der Waals surface area (Å²) in [6.07, 6.45) is 15.4. The van der Waals surface area contributed by atoms with Gasteiger partial charge >= 0.3 is 0 Å². The Labute approximate surface area is 188 Å². The largest absolute Gasteiger partial charge is 0.547 e. The van der Waals surface area contributed by atoms with Crippen LogP contribution in [0.3, 0.4) is 0 Å². The maximum absolute atomic E-state index is 7.06. The molecule has 0 bridgehead atoms. The summed E-state index contributed by atoms with van der Waals surface area (Å²) in [5.41, 5.74) is 2.10. The minimum absolute atomic E-state index is 0.127. The molecule has 2 saturated carbocycles. The highest BCUT2D eigenvalue weighted by Crippen LogP contribution is 2.66. The quantitative estimate of drug-likeness (QED) is 0.399. The van der Waals surface area contributed by atoms with Crippen LogP contribution in [0, 0.1) is 29.1 Å². The minimum atomic E-state index is -1.57. The van der Waals surface area contributed by atoms with E-state index in [0.717, 1.165) is 30.1 Å². The van der Waals surface area contributed by atoms with Gasteiger partial charge in [-0.2, -0.15) is 0 Å². The van der Waals surface area contributed by atoms with Crippen LogP contribution >= 0.6 is 0 Å². The van der Waals surface area contributed by atoms with E-state index in [1.54, 1.807) is 5.57 Å². The van der Waals surface area contributed by atoms with Crippen LogP contribution in [-0.2, 0) is 8.85 Å². The molecule has 30 heavy (non-hydrogen) atoms. The summed E-state index contributed by atoms with van der Waals surface area (Å²) in [6.45, 7) is 19.1. The highest BCUT2D eigenvalue weighted by molar-refractivity contribution is 6.70. The molecule has 6 unspecified atom stereocenters. The number of fused-ring (bicyclic) bond motifs is 5. The van der Waals surface area contributed by atoms with Crippen molar-refractivity contribution in [2.45, 2.75) is 110 Å². The Balaban J connectivity index is 1.58. The van der Waals surface area contributed by atoms with Gasteiger partial charge < -0.3 is 8.85 Å². The zero-order valence-corrected chi connectivity index (χ0v) is 22.9. The van der Waals surface area contributed by atoms with Gasteiger partial charge in [0, 0.05) is 6.42 Å². The third kappa shape index (κ3) is 3.94. The second-order valence-electron chi connectivity index (χ2n) is 12.9. The van der Waals surface area contributed by atoms with Crippen LogP contribution in [0.1, 0.15) is 65.2 Å². The van der Waals surface area contributed by atoms with Crippen LogP contribution in [0.25, 0.3) is 0 Å². The molecule has 0 heterocycles. The van der Waals surface area contributed by atoms with Gasteiger partial charge in [0.1, 0.15) is 0 Å². The van der Waals surface area contributed by atoms with Gasteiger partial charge in [0.05, 0.1) is 11.4 Å². The SMILES string of the molecule is CCC1(O[Si](C)(C)C)CCC2C3CC=C4C=C(O[Si](C)(C)C)CCC4C3CCC21C. The molecule has 0 aromatic rings. The lowest BCUT2D eigenvalue weighted by Gasteiger charge is -2.57. The summed E-state index contributed by atoms with van der Waals surface area (Å²) in [4.78, 5) is 0. The van der Waals surface area contributed by atoms with E-state index in [1.807, 2.05) is 0 Å². The van der Waals surface area contributed by atoms with E-state index in [1.165, 1.54) is 50.7 Å². The summed E-state index contributed by atoms with van der Waals surface area (Å²) >= 11 is 0. The molecular formula is C26H46O2Si2. The Morgan fingerprint density at radius 1 is 0.967 bits per heavy atom. The Bertz CT molecular complexity index is 728. The Hall–Kier alpha value is -0.326. The van der Waals surface area contributed by atoms with Crippen molar-refractivity contribution in [1.29, 1.82) is 0 Å². The predicted octanol–water partition coefficient (Wildman–Crippen LogP) is 7.90. The van der Waals surface area contributed by atoms with Crippen molar-refractivity contribution in [3.05, 3.63) is 23.5 Å². The van der Waals surface area contributed by atoms with Gasteiger partial charge in [-0.05, 0) is 125 Å². The molecule has 0 aromatic carbocycles. The van der Waals surface area contributed by atoms with Crippen LogP contribution in [-0.4, -0.2) is 22.2 Å². The average Bonchev–Trinajstić information content (AvgIpc) is 2.91. The fourth-order valence-corrected chi connectivity index (χ4v) is 10.5. The van der Waals surface area contributed by atoms with Crippen LogP contribution in [0.5, 0.6) is 0 Å². The van der Waals surface area contributed by atoms with Crippen molar-refractivity contribution in [2.24, 2.45) is 29.1 Å². The van der Waals surface area contributed by atoms with Crippen molar-refractivity contribution < 1.29 is 8.85 Å². The van der Waals surface area contributed by atoms with Gasteiger partial charge in [0.15, 0.2) is 8.32 Å². The molecule has 4 aliphatic rings. The third-order valence-corrected chi connectivity index (χ3v) is 10.8. The highest BCUT2D eigenvalue weighted by Gasteiger charge is 2.63. The minimum Gasteiger partial charge on any atom is -0.547 e. The van der Waals surface area contributed by atoms with Gasteiger partial charge in [0.25, 0.3) is 0 Å². The van der Waals surface area contributed by atoms with E-state index < -0.39 is 16.6 Å². The first-order chi connectivity index (χ1) is 13.9. The second kappa shape index (κ2) is 7.62. The van der Waals surface area contributed by atoms with E-state index in [0.29, 0.717) is 5.41 Å². The predicted molar refractivity (Wildman–Crippen MR) is 132 cm³/mol. The molecule has 6 atom stereocenters. The van der Waals surface area contributed by atoms with Crippen molar-refractivity contribution in [3.8, 4) is 0 Å². The van der Waals surface area contributed by atoms with Crippen molar-refractivity contribution in [1.82, 2.24) is 0 Å². The maximum atomic E-state index is 7.06. The van der Waals surface area contributed by atoms with Crippen molar-refractivity contribution in [3.63, 3.8) is 0 Å². The van der Waals surface area contributed by atoms with Crippen LogP contribution in [0.15, 0.2) is 23.5 Å². The Kier molecular flexibility index (Phi) is 5.81. The standard InChI is InChI=1S/C26H46O2Si2/c1-9-26(28-30(6,7)8)17-15-24-23-12-10-19-18-20(27-29(3,4)5)11-13-21(19)22(23)14-16-25(24,26)2/h10,18,21-24H,9,11-17H2,1-8H3. The number of allylic oxidation sites excluding steroid dienone is 4. The molecule has 0 N–H and O–H groups in total. The van der Waals surface area contributed by atoms with Crippen molar-refractivity contribution in [2.75, 3.05) is 0 Å². The first-order valence-electron chi connectivity index (χ1n) is 12.7. The van der Waals surface area contributed by atoms with E-state index in [4.69, 9.17) is 8.85 Å². The van der Waals surface area contributed by atoms with E-state index >= 15 is 0 Å². The molecule has 0 aliphatic heterocycles. The number of hydrogen-bond acceptors (Lipinski definition) is 2. The second-order valence-corrected chi connectivity index (χ2v) is 21.8. The first-order valence-corrected chi connectivity index (χ1v) is 19.5. The molecule has 4 heteroatoms. The smallest absolute Gasteiger partial charge is 0.241 e. The monoisotopic (exact) mass is 446 g/mol. The lowest BCUT2D eigenvalue weighted by molar-refractivity contribution is -0.104. The van der Waals surface area contributed by atoms with Crippen molar-refractivity contribution >= 4 is 16.6 Å². The molecule has 0 radical (unpaired) electrons. The summed E-state index contributed by atoms with van der Waals surface area (Å²) in [6, 6.07) is 0. The molecule has 0 amide bonds. The molecule has 170 valence electrons. The summed E-state index contributed by atoms with van der Waals surface area (Å²) < 4.78 is 13.4. The lowest BCUT2D eigenvalue weighted by atomic mass is 9.51. The fourth-order valence-electron chi connectivity index (χ4n) is 7.90. The van der Waals surface area contributed by atoms with Gasteiger partial charge in [-0.25, -0.2) is 0 Å². The molecule has 0 aromatic heterocycles. The molecule has 0 spiro atoms. The maximum Gasteiger partial charge on any atom is 0.241 e. The van der Waals surface area contributed by atoms with E-state index in [9.17, 15) is 0 Å². The fraction of sp³-hybridized carbons (Fsp3) is 0.846. The molecule has 4 aliphatic carbocycles. The summed E-state index contributed by atoms with van der Waals surface area (Å²) in [5, 5.41) is 0. The van der Waals surface area contributed by atoms with E-state index in [-0.39, 0.29) is 5.60 Å². The molecule has 4 rings (SSSR count). The van der Waals surface area contributed by atoms with Gasteiger partial charge in [0.2, 0.25) is 8.32 Å².